The van der Waals surface area contributed by atoms with E-state index < -0.39 is 0 Å². The molecule has 2 heteroatoms. The molecule has 0 N–H and O–H groups in total. The van der Waals surface area contributed by atoms with Gasteiger partial charge < -0.3 is 0 Å². The second kappa shape index (κ2) is 1.89. The van der Waals surface area contributed by atoms with Gasteiger partial charge in [0.05, 0.1) is 5.41 Å². The average molecular weight is 221 g/mol. The second-order valence-electron chi connectivity index (χ2n) is 2.48. The van der Waals surface area contributed by atoms with E-state index in [0.29, 0.717) is 0 Å². The fourth-order valence-electron chi connectivity index (χ4n) is 0.802. The summed E-state index contributed by atoms with van der Waals surface area (Å²) in [6, 6.07) is 0. The van der Waals surface area contributed by atoms with Crippen molar-refractivity contribution in [3.63, 3.8) is 0 Å². The Morgan fingerprint density at radius 1 is 1.75 bits per heavy atom. The van der Waals surface area contributed by atoms with Gasteiger partial charge in [-0.05, 0) is 6.92 Å². The Morgan fingerprint density at radius 2 is 2.25 bits per heavy atom. The molecule has 0 amide bonds. The molecule has 44 valence electrons. The molecule has 0 atom stereocenters. The van der Waals surface area contributed by atoms with Gasteiger partial charge in [-0.2, -0.15) is 0 Å². The van der Waals surface area contributed by atoms with Gasteiger partial charge in [0.2, 0.25) is 0 Å². The zero-order valence-corrected chi connectivity index (χ0v) is 6.97. The number of halogens is 1. The van der Waals surface area contributed by atoms with E-state index in [4.69, 9.17) is 6.42 Å². The molecule has 1 heterocycles. The summed E-state index contributed by atoms with van der Waals surface area (Å²) < 4.78 is 2.19. The number of hydrogen-bond acceptors (Lipinski definition) is 1. The van der Waals surface area contributed by atoms with Gasteiger partial charge in [0.1, 0.15) is 0 Å². The van der Waals surface area contributed by atoms with Crippen LogP contribution in [0.5, 0.6) is 0 Å². The second-order valence-corrected chi connectivity index (χ2v) is 3.85. The molecule has 1 rings (SSSR count). The van der Waals surface area contributed by atoms with Gasteiger partial charge in [-0.3, -0.25) is 0 Å². The monoisotopic (exact) mass is 221 g/mol. The first-order valence-corrected chi connectivity index (χ1v) is 3.51. The fraction of sp³-hybridized carbons (Fsp3) is 0.667. The third-order valence-corrected chi connectivity index (χ3v) is 2.07. The van der Waals surface area contributed by atoms with Gasteiger partial charge in [0, 0.05) is 36.0 Å². The minimum Gasteiger partial charge on any atom is -0.244 e. The standard InChI is InChI=1S/C6H8IN/c1-3-6(2)4-8(7)5-6/h1H,4-5H2,2H3. The van der Waals surface area contributed by atoms with Crippen molar-refractivity contribution in [2.45, 2.75) is 6.92 Å². The van der Waals surface area contributed by atoms with Gasteiger partial charge in [0.15, 0.2) is 0 Å². The van der Waals surface area contributed by atoms with Gasteiger partial charge in [-0.25, -0.2) is 3.11 Å². The van der Waals surface area contributed by atoms with Crippen LogP contribution < -0.4 is 0 Å². The zero-order valence-electron chi connectivity index (χ0n) is 4.82. The highest BCUT2D eigenvalue weighted by Gasteiger charge is 2.35. The number of terminal acetylenes is 1. The minimum absolute atomic E-state index is 0.182. The van der Waals surface area contributed by atoms with Crippen molar-refractivity contribution >= 4 is 22.9 Å². The van der Waals surface area contributed by atoms with Crippen LogP contribution in [0.2, 0.25) is 0 Å². The summed E-state index contributed by atoms with van der Waals surface area (Å²) in [5, 5.41) is 0. The summed E-state index contributed by atoms with van der Waals surface area (Å²) in [4.78, 5) is 0. The molecule has 1 saturated heterocycles. The van der Waals surface area contributed by atoms with Crippen molar-refractivity contribution in [3.05, 3.63) is 0 Å². The van der Waals surface area contributed by atoms with Crippen LogP contribution in [0, 0.1) is 17.8 Å². The third kappa shape index (κ3) is 0.981. The predicted molar refractivity (Wildman–Crippen MR) is 42.5 cm³/mol. The van der Waals surface area contributed by atoms with E-state index in [2.05, 4.69) is 38.8 Å². The quantitative estimate of drug-likeness (QED) is 0.338. The van der Waals surface area contributed by atoms with E-state index in [0.717, 1.165) is 13.1 Å². The van der Waals surface area contributed by atoms with Crippen LogP contribution in [0.15, 0.2) is 0 Å². The summed E-state index contributed by atoms with van der Waals surface area (Å²) in [6.45, 7) is 4.20. The number of hydrogen-bond donors (Lipinski definition) is 0. The topological polar surface area (TPSA) is 3.24 Å². The van der Waals surface area contributed by atoms with E-state index >= 15 is 0 Å². The third-order valence-electron chi connectivity index (χ3n) is 1.39. The van der Waals surface area contributed by atoms with Crippen LogP contribution in [0.4, 0.5) is 0 Å². The molecule has 0 aromatic heterocycles. The van der Waals surface area contributed by atoms with Crippen molar-refractivity contribution in [2.24, 2.45) is 5.41 Å². The Morgan fingerprint density at radius 3 is 2.38 bits per heavy atom. The first-order valence-electron chi connectivity index (χ1n) is 2.55. The number of rotatable bonds is 0. The van der Waals surface area contributed by atoms with Crippen molar-refractivity contribution in [3.8, 4) is 12.3 Å². The predicted octanol–water partition coefficient (Wildman–Crippen LogP) is 1.29. The van der Waals surface area contributed by atoms with E-state index in [1.807, 2.05) is 0 Å². The highest BCUT2D eigenvalue weighted by atomic mass is 127. The molecule has 0 unspecified atom stereocenters. The van der Waals surface area contributed by atoms with Gasteiger partial charge in [-0.1, -0.05) is 5.92 Å². The van der Waals surface area contributed by atoms with Crippen LogP contribution in [0.1, 0.15) is 6.92 Å². The Bertz CT molecular complexity index is 130. The number of nitrogens with zero attached hydrogens (tertiary/aromatic N) is 1. The zero-order chi connectivity index (χ0) is 6.20. The maximum Gasteiger partial charge on any atom is 0.0553 e. The SMILES string of the molecule is C#CC1(C)CN(I)C1. The summed E-state index contributed by atoms with van der Waals surface area (Å²) in [6.07, 6.45) is 5.25. The Hall–Kier alpha value is 0.250. The Kier molecular flexibility index (Phi) is 1.50. The summed E-state index contributed by atoms with van der Waals surface area (Å²) in [7, 11) is 0. The lowest BCUT2D eigenvalue weighted by molar-refractivity contribution is 0.188. The van der Waals surface area contributed by atoms with Crippen molar-refractivity contribution < 1.29 is 0 Å². The van der Waals surface area contributed by atoms with E-state index in [-0.39, 0.29) is 5.41 Å². The minimum atomic E-state index is 0.182. The van der Waals surface area contributed by atoms with E-state index in [9.17, 15) is 0 Å². The summed E-state index contributed by atoms with van der Waals surface area (Å²) >= 11 is 2.28. The lowest BCUT2D eigenvalue weighted by Gasteiger charge is -2.40. The lowest BCUT2D eigenvalue weighted by atomic mass is 9.86. The van der Waals surface area contributed by atoms with Crippen LogP contribution in [-0.2, 0) is 0 Å². The average Bonchev–Trinajstić information content (AvgIpc) is 1.63. The van der Waals surface area contributed by atoms with Gasteiger partial charge in [-0.15, -0.1) is 6.42 Å². The molecule has 0 aromatic carbocycles. The largest absolute Gasteiger partial charge is 0.244 e. The van der Waals surface area contributed by atoms with Crippen molar-refractivity contribution in [1.82, 2.24) is 3.11 Å². The molecule has 8 heavy (non-hydrogen) atoms. The summed E-state index contributed by atoms with van der Waals surface area (Å²) in [5.41, 5.74) is 0.182. The van der Waals surface area contributed by atoms with Crippen LogP contribution in [0.25, 0.3) is 0 Å². The molecular weight excluding hydrogens is 213 g/mol. The fourth-order valence-corrected chi connectivity index (χ4v) is 2.31. The molecule has 1 aliphatic rings. The summed E-state index contributed by atoms with van der Waals surface area (Å²) in [5.74, 6) is 2.76. The molecule has 0 radical (unpaired) electrons. The Labute approximate surface area is 63.9 Å². The molecule has 1 aliphatic heterocycles. The Balaban J connectivity index is 2.44. The van der Waals surface area contributed by atoms with Gasteiger partial charge in [0.25, 0.3) is 0 Å². The first kappa shape index (κ1) is 6.37. The molecule has 0 bridgehead atoms. The normalized spacial score (nSPS) is 26.1. The van der Waals surface area contributed by atoms with Crippen LogP contribution in [0.3, 0.4) is 0 Å². The maximum atomic E-state index is 5.25. The molecule has 0 spiro atoms. The maximum absolute atomic E-state index is 5.25. The first-order chi connectivity index (χ1) is 3.66. The smallest absolute Gasteiger partial charge is 0.0553 e. The van der Waals surface area contributed by atoms with Crippen LogP contribution in [-0.4, -0.2) is 16.2 Å². The van der Waals surface area contributed by atoms with E-state index in [1.165, 1.54) is 0 Å². The molecule has 1 nitrogen and oxygen atoms in total. The molecular formula is C6H8IN. The van der Waals surface area contributed by atoms with Crippen LogP contribution >= 0.6 is 22.9 Å². The molecule has 0 aromatic rings. The molecule has 0 aliphatic carbocycles. The van der Waals surface area contributed by atoms with Gasteiger partial charge >= 0.3 is 0 Å². The van der Waals surface area contributed by atoms with E-state index in [1.54, 1.807) is 0 Å². The van der Waals surface area contributed by atoms with Crippen molar-refractivity contribution in [2.75, 3.05) is 13.1 Å². The molecule has 0 saturated carbocycles. The lowest BCUT2D eigenvalue weighted by Crippen LogP contribution is -2.48. The molecule has 1 fully saturated rings. The highest BCUT2D eigenvalue weighted by Crippen LogP contribution is 2.30. The highest BCUT2D eigenvalue weighted by molar-refractivity contribution is 14.1. The van der Waals surface area contributed by atoms with Crippen molar-refractivity contribution in [1.29, 1.82) is 0 Å².